The number of nitrogens with zero attached hydrogens (tertiary/aromatic N) is 5. The summed E-state index contributed by atoms with van der Waals surface area (Å²) >= 11 is 5.82. The lowest BCUT2D eigenvalue weighted by atomic mass is 10.2. The molecule has 0 aromatic carbocycles. The van der Waals surface area contributed by atoms with Gasteiger partial charge in [-0.15, -0.1) is 5.10 Å². The molecule has 2 aliphatic rings. The number of H-pyrrole nitrogens is 1. The molecule has 8 heteroatoms. The van der Waals surface area contributed by atoms with Gasteiger partial charge in [-0.05, 0) is 37.2 Å². The van der Waals surface area contributed by atoms with E-state index < -0.39 is 0 Å². The molecule has 4 heterocycles. The fourth-order valence-corrected chi connectivity index (χ4v) is 4.26. The topological polar surface area (TPSA) is 57.5 Å². The molecule has 0 bridgehead atoms. The van der Waals surface area contributed by atoms with Gasteiger partial charge >= 0.3 is 0 Å². The quantitative estimate of drug-likeness (QED) is 0.655. The van der Waals surface area contributed by atoms with Crippen LogP contribution in [0.1, 0.15) is 18.9 Å². The first-order valence-electron chi connectivity index (χ1n) is 9.94. The Morgan fingerprint density at radius 2 is 1.79 bits per heavy atom. The summed E-state index contributed by atoms with van der Waals surface area (Å²) in [6.45, 7) is 5.09. The molecule has 5 rings (SSSR count). The van der Waals surface area contributed by atoms with Crippen molar-refractivity contribution < 1.29 is 9.88 Å². The van der Waals surface area contributed by atoms with Crippen LogP contribution >= 0.6 is 12.2 Å². The first-order valence-corrected chi connectivity index (χ1v) is 10.3. The summed E-state index contributed by atoms with van der Waals surface area (Å²) < 4.78 is 5.13. The van der Waals surface area contributed by atoms with E-state index in [0.29, 0.717) is 6.04 Å². The summed E-state index contributed by atoms with van der Waals surface area (Å²) in [5, 5.41) is 4.92. The number of hydrogen-bond donors (Lipinski definition) is 1. The van der Waals surface area contributed by atoms with Gasteiger partial charge in [-0.2, -0.15) is 4.68 Å². The van der Waals surface area contributed by atoms with Gasteiger partial charge in [0, 0.05) is 41.8 Å². The van der Waals surface area contributed by atoms with E-state index in [1.807, 2.05) is 41.6 Å². The predicted octanol–water partition coefficient (Wildman–Crippen LogP) is 0.988. The minimum Gasteiger partial charge on any atom is -0.360 e. The molecule has 3 aromatic rings. The Balaban J connectivity index is 1.33. The maximum Gasteiger partial charge on any atom is 0.203 e. The van der Waals surface area contributed by atoms with Crippen LogP contribution in [0.15, 0.2) is 49.1 Å². The smallest absolute Gasteiger partial charge is 0.203 e. The lowest BCUT2D eigenvalue weighted by Crippen LogP contribution is -3.14. The summed E-state index contributed by atoms with van der Waals surface area (Å²) in [7, 11) is 0. The average molecular weight is 396 g/mol. The van der Waals surface area contributed by atoms with E-state index in [0.717, 1.165) is 49.0 Å². The Hall–Kier alpha value is -2.58. The molecule has 1 saturated carbocycles. The second kappa shape index (κ2) is 7.44. The van der Waals surface area contributed by atoms with Crippen LogP contribution in [0.4, 0.5) is 5.69 Å². The van der Waals surface area contributed by atoms with Gasteiger partial charge in [0.25, 0.3) is 0 Å². The number of quaternary nitrogens is 1. The van der Waals surface area contributed by atoms with Gasteiger partial charge in [-0.25, -0.2) is 4.98 Å². The molecule has 2 N–H and O–H groups in total. The van der Waals surface area contributed by atoms with Crippen molar-refractivity contribution in [2.75, 3.05) is 31.1 Å². The first kappa shape index (κ1) is 17.5. The van der Waals surface area contributed by atoms with Crippen LogP contribution in [-0.4, -0.2) is 45.5 Å². The van der Waals surface area contributed by atoms with Crippen LogP contribution in [0.2, 0.25) is 0 Å². The van der Waals surface area contributed by atoms with Crippen molar-refractivity contribution in [2.45, 2.75) is 25.6 Å². The second-order valence-corrected chi connectivity index (χ2v) is 7.96. The van der Waals surface area contributed by atoms with Gasteiger partial charge in [0.05, 0.1) is 26.2 Å². The van der Waals surface area contributed by atoms with Crippen LogP contribution in [0.3, 0.4) is 0 Å². The van der Waals surface area contributed by atoms with Crippen molar-refractivity contribution in [3.8, 4) is 11.4 Å². The number of anilines is 1. The molecule has 1 aliphatic carbocycles. The molecule has 3 aromatic heterocycles. The standard InChI is InChI=1S/C20H23N7S/c28-20-26(15-24-11-13-25(14-12-24)17-5-9-22-10-6-17)23-19(27(20)18-1-2-18)16-3-7-21-8-4-16/h3-10,18H,1-2,11-15H2/p+2. The zero-order chi connectivity index (χ0) is 18.9. The van der Waals surface area contributed by atoms with Crippen LogP contribution in [0.25, 0.3) is 11.4 Å². The minimum absolute atomic E-state index is 0.506. The van der Waals surface area contributed by atoms with E-state index in [4.69, 9.17) is 17.3 Å². The Morgan fingerprint density at radius 1 is 1.07 bits per heavy atom. The number of nitrogens with one attached hydrogen (secondary N) is 2. The van der Waals surface area contributed by atoms with Crippen LogP contribution in [-0.2, 0) is 6.67 Å². The van der Waals surface area contributed by atoms with E-state index >= 15 is 0 Å². The van der Waals surface area contributed by atoms with E-state index in [1.54, 1.807) is 0 Å². The summed E-state index contributed by atoms with van der Waals surface area (Å²) in [6.07, 6.45) is 10.00. The number of aromatic amines is 1. The van der Waals surface area contributed by atoms with E-state index in [9.17, 15) is 0 Å². The van der Waals surface area contributed by atoms with Crippen LogP contribution < -0.4 is 14.8 Å². The van der Waals surface area contributed by atoms with E-state index in [1.165, 1.54) is 23.4 Å². The van der Waals surface area contributed by atoms with Crippen LogP contribution in [0, 0.1) is 4.77 Å². The largest absolute Gasteiger partial charge is 0.360 e. The number of hydrogen-bond acceptors (Lipinski definition) is 4. The maximum absolute atomic E-state index is 5.82. The van der Waals surface area contributed by atoms with Crippen molar-refractivity contribution in [2.24, 2.45) is 0 Å². The van der Waals surface area contributed by atoms with E-state index in [-0.39, 0.29) is 0 Å². The van der Waals surface area contributed by atoms with Crippen molar-refractivity contribution >= 4 is 17.9 Å². The number of rotatable bonds is 5. The van der Waals surface area contributed by atoms with Crippen molar-refractivity contribution in [3.05, 3.63) is 53.8 Å². The highest BCUT2D eigenvalue weighted by atomic mass is 32.1. The highest BCUT2D eigenvalue weighted by molar-refractivity contribution is 7.71. The maximum atomic E-state index is 5.82. The summed E-state index contributed by atoms with van der Waals surface area (Å²) in [5.74, 6) is 0.980. The molecular formula is C20H25N7S+2. The fourth-order valence-electron chi connectivity index (χ4n) is 3.92. The summed E-state index contributed by atoms with van der Waals surface area (Å²) in [6, 6.07) is 8.82. The number of aromatic nitrogens is 5. The zero-order valence-electron chi connectivity index (χ0n) is 15.8. The SMILES string of the molecule is S=c1n(C[NH+]2CCN(c3cc[nH+]cc3)CC2)nc(-c2ccncc2)n1C1CC1. The zero-order valence-corrected chi connectivity index (χ0v) is 16.6. The molecule has 7 nitrogen and oxygen atoms in total. The fraction of sp³-hybridized carbons (Fsp3) is 0.400. The van der Waals surface area contributed by atoms with Gasteiger partial charge in [0.2, 0.25) is 4.77 Å². The predicted molar refractivity (Wildman–Crippen MR) is 108 cm³/mol. The Labute approximate surface area is 169 Å². The number of pyridine rings is 2. The van der Waals surface area contributed by atoms with Crippen LogP contribution in [0.5, 0.6) is 0 Å². The summed E-state index contributed by atoms with van der Waals surface area (Å²) in [4.78, 5) is 11.2. The van der Waals surface area contributed by atoms with Gasteiger partial charge in [0.1, 0.15) is 0 Å². The molecule has 1 aliphatic heterocycles. The van der Waals surface area contributed by atoms with Crippen molar-refractivity contribution in [1.29, 1.82) is 0 Å². The Bertz CT molecular complexity index is 986. The van der Waals surface area contributed by atoms with Gasteiger partial charge in [-0.1, -0.05) is 0 Å². The minimum atomic E-state index is 0.506. The average Bonchev–Trinajstić information content (AvgIpc) is 3.54. The Morgan fingerprint density at radius 3 is 2.46 bits per heavy atom. The second-order valence-electron chi connectivity index (χ2n) is 7.60. The third kappa shape index (κ3) is 3.45. The lowest BCUT2D eigenvalue weighted by molar-refractivity contribution is -0.924. The van der Waals surface area contributed by atoms with Gasteiger partial charge in [-0.3, -0.25) is 9.55 Å². The van der Waals surface area contributed by atoms with E-state index in [2.05, 4.69) is 31.6 Å². The monoisotopic (exact) mass is 395 g/mol. The normalized spacial score (nSPS) is 17.8. The molecule has 0 unspecified atom stereocenters. The lowest BCUT2D eigenvalue weighted by Gasteiger charge is -2.33. The molecule has 144 valence electrons. The Kier molecular flexibility index (Phi) is 4.66. The summed E-state index contributed by atoms with van der Waals surface area (Å²) in [5.41, 5.74) is 2.37. The molecule has 1 saturated heterocycles. The third-order valence-electron chi connectivity index (χ3n) is 5.63. The van der Waals surface area contributed by atoms with Gasteiger partial charge in [0.15, 0.2) is 24.9 Å². The number of piperazine rings is 1. The van der Waals surface area contributed by atoms with Crippen molar-refractivity contribution in [1.82, 2.24) is 19.3 Å². The molecule has 0 radical (unpaired) electrons. The van der Waals surface area contributed by atoms with Gasteiger partial charge < -0.3 is 9.80 Å². The molecule has 0 atom stereocenters. The molecule has 0 spiro atoms. The highest BCUT2D eigenvalue weighted by Gasteiger charge is 2.30. The molecular weight excluding hydrogens is 370 g/mol. The molecule has 28 heavy (non-hydrogen) atoms. The van der Waals surface area contributed by atoms with Crippen molar-refractivity contribution in [3.63, 3.8) is 0 Å². The molecule has 2 fully saturated rings. The third-order valence-corrected chi connectivity index (χ3v) is 6.04. The first-order chi connectivity index (χ1) is 13.8. The molecule has 0 amide bonds. The highest BCUT2D eigenvalue weighted by Crippen LogP contribution is 2.38.